The molecule has 1 rings (SSSR count). The van der Waals surface area contributed by atoms with Crippen LogP contribution in [-0.4, -0.2) is 12.4 Å². The van der Waals surface area contributed by atoms with Crippen LogP contribution < -0.4 is 4.74 Å². The molecule has 1 aromatic rings. The third-order valence-corrected chi connectivity index (χ3v) is 1.70. The molecule has 0 bridgehead atoms. The van der Waals surface area contributed by atoms with Crippen LogP contribution in [0.15, 0.2) is 18.2 Å². The summed E-state index contributed by atoms with van der Waals surface area (Å²) in [6, 6.07) is 4.31. The average molecular weight is 210 g/mol. The van der Waals surface area contributed by atoms with E-state index in [-0.39, 0.29) is 5.82 Å². The van der Waals surface area contributed by atoms with Gasteiger partial charge in [0.1, 0.15) is 11.6 Å². The molecule has 3 heteroatoms. The first-order chi connectivity index (χ1) is 6.77. The monoisotopic (exact) mass is 210 g/mol. The van der Waals surface area contributed by atoms with E-state index in [1.807, 2.05) is 6.92 Å². The van der Waals surface area contributed by atoms with Crippen LogP contribution in [0.1, 0.15) is 12.5 Å². The molecule has 0 radical (unpaired) electrons. The van der Waals surface area contributed by atoms with Crippen LogP contribution in [0.4, 0.5) is 4.39 Å². The summed E-state index contributed by atoms with van der Waals surface area (Å²) >= 11 is 3.96. The minimum Gasteiger partial charge on any atom is -0.493 e. The molecule has 0 N–H and O–H groups in total. The van der Waals surface area contributed by atoms with Gasteiger partial charge >= 0.3 is 0 Å². The van der Waals surface area contributed by atoms with Crippen molar-refractivity contribution in [2.45, 2.75) is 6.92 Å². The Labute approximate surface area is 88.7 Å². The summed E-state index contributed by atoms with van der Waals surface area (Å²) in [5.74, 6) is 6.31. The number of hydrogen-bond donors (Lipinski definition) is 1. The van der Waals surface area contributed by atoms with Gasteiger partial charge in [-0.05, 0) is 25.1 Å². The lowest BCUT2D eigenvalue weighted by molar-refractivity contribution is 0.338. The minimum absolute atomic E-state index is 0.308. The highest BCUT2D eigenvalue weighted by Crippen LogP contribution is 2.18. The lowest BCUT2D eigenvalue weighted by atomic mass is 10.2. The van der Waals surface area contributed by atoms with E-state index >= 15 is 0 Å². The highest BCUT2D eigenvalue weighted by Gasteiger charge is 2.01. The first-order valence-corrected chi connectivity index (χ1v) is 4.93. The summed E-state index contributed by atoms with van der Waals surface area (Å²) in [7, 11) is 0. The van der Waals surface area contributed by atoms with E-state index in [1.165, 1.54) is 12.1 Å². The van der Waals surface area contributed by atoms with Gasteiger partial charge in [0, 0.05) is 0 Å². The summed E-state index contributed by atoms with van der Waals surface area (Å²) in [6.07, 6.45) is 0. The van der Waals surface area contributed by atoms with Gasteiger partial charge in [0.25, 0.3) is 0 Å². The second-order valence-electron chi connectivity index (χ2n) is 2.53. The predicted molar refractivity (Wildman–Crippen MR) is 58.3 cm³/mol. The zero-order valence-electron chi connectivity index (χ0n) is 7.88. The molecule has 74 valence electrons. The SMILES string of the molecule is CCOc1ccc(F)cc1C#CCS. The highest BCUT2D eigenvalue weighted by atomic mass is 32.1. The van der Waals surface area contributed by atoms with E-state index in [0.29, 0.717) is 23.7 Å². The Morgan fingerprint density at radius 2 is 2.29 bits per heavy atom. The summed E-state index contributed by atoms with van der Waals surface area (Å²) in [6.45, 7) is 2.42. The third kappa shape index (κ3) is 2.97. The van der Waals surface area contributed by atoms with Gasteiger partial charge < -0.3 is 4.74 Å². The topological polar surface area (TPSA) is 9.23 Å². The van der Waals surface area contributed by atoms with E-state index in [1.54, 1.807) is 6.07 Å². The van der Waals surface area contributed by atoms with Crippen LogP contribution in [0.25, 0.3) is 0 Å². The standard InChI is InChI=1S/C11H11FOS/c1-2-13-11-6-5-10(12)8-9(11)4-3-7-14/h5-6,8,14H,2,7H2,1H3. The summed E-state index contributed by atoms with van der Waals surface area (Å²) < 4.78 is 18.2. The van der Waals surface area contributed by atoms with Crippen molar-refractivity contribution in [1.82, 2.24) is 0 Å². The third-order valence-electron chi connectivity index (χ3n) is 1.54. The van der Waals surface area contributed by atoms with E-state index in [9.17, 15) is 4.39 Å². The first-order valence-electron chi connectivity index (χ1n) is 4.30. The molecule has 0 aromatic heterocycles. The molecule has 1 nitrogen and oxygen atoms in total. The van der Waals surface area contributed by atoms with Crippen LogP contribution in [0.3, 0.4) is 0 Å². The fourth-order valence-electron chi connectivity index (χ4n) is 1.02. The molecule has 0 aliphatic heterocycles. The summed E-state index contributed by atoms with van der Waals surface area (Å²) in [4.78, 5) is 0. The molecule has 0 heterocycles. The van der Waals surface area contributed by atoms with Gasteiger partial charge in [-0.25, -0.2) is 4.39 Å². The maximum atomic E-state index is 12.9. The number of ether oxygens (including phenoxy) is 1. The fourth-order valence-corrected chi connectivity index (χ4v) is 1.10. The largest absolute Gasteiger partial charge is 0.493 e. The number of hydrogen-bond acceptors (Lipinski definition) is 2. The van der Waals surface area contributed by atoms with Crippen LogP contribution in [0.5, 0.6) is 5.75 Å². The molecular formula is C11H11FOS. The summed E-state index contributed by atoms with van der Waals surface area (Å²) in [5, 5.41) is 0. The maximum Gasteiger partial charge on any atom is 0.135 e. The number of rotatable bonds is 2. The Kier molecular flexibility index (Phi) is 4.34. The molecule has 0 spiro atoms. The van der Waals surface area contributed by atoms with Gasteiger partial charge in [-0.2, -0.15) is 12.6 Å². The van der Waals surface area contributed by atoms with Crippen molar-refractivity contribution >= 4 is 12.6 Å². The number of thiol groups is 1. The van der Waals surface area contributed by atoms with Crippen molar-refractivity contribution in [1.29, 1.82) is 0 Å². The van der Waals surface area contributed by atoms with E-state index < -0.39 is 0 Å². The molecule has 0 fully saturated rings. The minimum atomic E-state index is -0.308. The van der Waals surface area contributed by atoms with Gasteiger partial charge in [0.15, 0.2) is 0 Å². The summed E-state index contributed by atoms with van der Waals surface area (Å²) in [5.41, 5.74) is 0.570. The second kappa shape index (κ2) is 5.56. The molecular weight excluding hydrogens is 199 g/mol. The highest BCUT2D eigenvalue weighted by molar-refractivity contribution is 7.80. The van der Waals surface area contributed by atoms with Crippen LogP contribution in [-0.2, 0) is 0 Å². The molecule has 0 saturated heterocycles. The van der Waals surface area contributed by atoms with Crippen molar-refractivity contribution in [2.75, 3.05) is 12.4 Å². The number of benzene rings is 1. The Hall–Kier alpha value is -1.14. The zero-order chi connectivity index (χ0) is 10.4. The molecule has 0 saturated carbocycles. The Morgan fingerprint density at radius 1 is 1.50 bits per heavy atom. The van der Waals surface area contributed by atoms with Gasteiger partial charge in [-0.3, -0.25) is 0 Å². The van der Waals surface area contributed by atoms with Crippen molar-refractivity contribution in [3.63, 3.8) is 0 Å². The lowest BCUT2D eigenvalue weighted by Crippen LogP contribution is -1.94. The Bertz CT molecular complexity index is 365. The number of halogens is 1. The molecule has 1 aromatic carbocycles. The van der Waals surface area contributed by atoms with Crippen LogP contribution in [0, 0.1) is 17.7 Å². The van der Waals surface area contributed by atoms with E-state index in [2.05, 4.69) is 24.5 Å². The normalized spacial score (nSPS) is 9.07. The molecule has 14 heavy (non-hydrogen) atoms. The van der Waals surface area contributed by atoms with Gasteiger partial charge in [0.05, 0.1) is 17.9 Å². The van der Waals surface area contributed by atoms with Crippen LogP contribution in [0.2, 0.25) is 0 Å². The van der Waals surface area contributed by atoms with E-state index in [4.69, 9.17) is 4.74 Å². The van der Waals surface area contributed by atoms with Gasteiger partial charge in [-0.15, -0.1) is 0 Å². The first kappa shape index (κ1) is 10.9. The van der Waals surface area contributed by atoms with Crippen molar-refractivity contribution < 1.29 is 9.13 Å². The predicted octanol–water partition coefficient (Wildman–Crippen LogP) is 2.51. The van der Waals surface area contributed by atoms with E-state index in [0.717, 1.165) is 0 Å². The smallest absolute Gasteiger partial charge is 0.135 e. The van der Waals surface area contributed by atoms with Gasteiger partial charge in [-0.1, -0.05) is 11.8 Å². The maximum absolute atomic E-state index is 12.9. The molecule has 0 amide bonds. The zero-order valence-corrected chi connectivity index (χ0v) is 8.77. The second-order valence-corrected chi connectivity index (χ2v) is 2.85. The van der Waals surface area contributed by atoms with Crippen molar-refractivity contribution in [2.24, 2.45) is 0 Å². The van der Waals surface area contributed by atoms with Gasteiger partial charge in [0.2, 0.25) is 0 Å². The Morgan fingerprint density at radius 3 is 2.93 bits per heavy atom. The van der Waals surface area contributed by atoms with Crippen molar-refractivity contribution in [3.8, 4) is 17.6 Å². The molecule has 0 unspecified atom stereocenters. The quantitative estimate of drug-likeness (QED) is 0.583. The fraction of sp³-hybridized carbons (Fsp3) is 0.273. The van der Waals surface area contributed by atoms with Crippen molar-refractivity contribution in [3.05, 3.63) is 29.6 Å². The van der Waals surface area contributed by atoms with Crippen LogP contribution >= 0.6 is 12.6 Å². The lowest BCUT2D eigenvalue weighted by Gasteiger charge is -2.04. The molecule has 0 aliphatic rings. The molecule has 0 atom stereocenters. The molecule has 0 aliphatic carbocycles. The Balaban J connectivity index is 3.02. The average Bonchev–Trinajstić information content (AvgIpc) is 2.18.